The monoisotopic (exact) mass is 405 g/mol. The summed E-state index contributed by atoms with van der Waals surface area (Å²) in [5.41, 5.74) is 0. The first-order chi connectivity index (χ1) is 12.7. The van der Waals surface area contributed by atoms with Crippen molar-refractivity contribution in [2.75, 3.05) is 26.2 Å². The van der Waals surface area contributed by atoms with E-state index in [1.807, 2.05) is 0 Å². The average Bonchev–Trinajstić information content (AvgIpc) is 2.62. The highest BCUT2D eigenvalue weighted by Crippen LogP contribution is 2.22. The van der Waals surface area contributed by atoms with Crippen molar-refractivity contribution in [3.63, 3.8) is 0 Å². The Labute approximate surface area is 165 Å². The van der Waals surface area contributed by atoms with Gasteiger partial charge in [0.25, 0.3) is 0 Å². The maximum absolute atomic E-state index is 12.0. The van der Waals surface area contributed by atoms with E-state index in [2.05, 4.69) is 11.7 Å². The molecular weight excluding hydrogens is 366 g/mol. The first-order valence-corrected chi connectivity index (χ1v) is 13.5. The van der Waals surface area contributed by atoms with Crippen LogP contribution in [0.15, 0.2) is 0 Å². The van der Waals surface area contributed by atoms with Crippen LogP contribution in [0.1, 0.15) is 71.1 Å². The highest BCUT2D eigenvalue weighted by Gasteiger charge is 2.25. The molecular formula is C19H39NO4SSi. The van der Waals surface area contributed by atoms with Crippen LogP contribution in [0.4, 0.5) is 0 Å². The Hall–Kier alpha value is 0.0769. The number of rotatable bonds is 13. The molecule has 0 aliphatic carbocycles. The maximum Gasteiger partial charge on any atom is 0.188 e. The quantitative estimate of drug-likeness (QED) is 0.283. The van der Waals surface area contributed by atoms with Crippen LogP contribution >= 0.6 is 11.8 Å². The van der Waals surface area contributed by atoms with E-state index >= 15 is 0 Å². The van der Waals surface area contributed by atoms with Gasteiger partial charge in [-0.2, -0.15) is 0 Å². The maximum atomic E-state index is 12.0. The fraction of sp³-hybridized carbons (Fsp3) is 0.947. The van der Waals surface area contributed by atoms with E-state index in [9.17, 15) is 4.79 Å². The van der Waals surface area contributed by atoms with Crippen LogP contribution in [0.2, 0.25) is 12.1 Å². The summed E-state index contributed by atoms with van der Waals surface area (Å²) in [5.74, 6) is 0.950. The summed E-state index contributed by atoms with van der Waals surface area (Å²) in [6.45, 7) is 2.91. The molecule has 0 aromatic rings. The van der Waals surface area contributed by atoms with Crippen molar-refractivity contribution in [3.05, 3.63) is 0 Å². The van der Waals surface area contributed by atoms with Gasteiger partial charge in [-0.3, -0.25) is 4.79 Å². The number of carbonyl (C=O) groups excluding carboxylic acids is 1. The van der Waals surface area contributed by atoms with Gasteiger partial charge in [0.1, 0.15) is 15.8 Å². The van der Waals surface area contributed by atoms with E-state index in [-0.39, 0.29) is 12.9 Å². The molecule has 0 aromatic heterocycles. The summed E-state index contributed by atoms with van der Waals surface area (Å²) in [6, 6.07) is 2.42. The van der Waals surface area contributed by atoms with Gasteiger partial charge in [0.05, 0.1) is 13.2 Å². The van der Waals surface area contributed by atoms with Gasteiger partial charge in [0.15, 0.2) is 5.12 Å². The molecule has 0 amide bonds. The fourth-order valence-corrected chi connectivity index (χ4v) is 7.76. The van der Waals surface area contributed by atoms with E-state index in [4.69, 9.17) is 14.7 Å². The van der Waals surface area contributed by atoms with Crippen molar-refractivity contribution in [2.45, 2.75) is 89.3 Å². The standard InChI is InChI=1S/C19H39NO4SSi/c1-3-4-5-6-7-11-19(22)25-14-9-16-26-15-8-10-18(24-17-21)12-13-20(26)23-2/h18,21,26H,3-17H2,1-2H3. The van der Waals surface area contributed by atoms with Gasteiger partial charge in [0, 0.05) is 18.7 Å². The van der Waals surface area contributed by atoms with E-state index in [0.717, 1.165) is 50.8 Å². The van der Waals surface area contributed by atoms with Crippen molar-refractivity contribution in [1.29, 1.82) is 0 Å². The Balaban J connectivity index is 2.17. The van der Waals surface area contributed by atoms with Crippen LogP contribution in [-0.4, -0.2) is 56.2 Å². The van der Waals surface area contributed by atoms with Crippen LogP contribution in [0, 0.1) is 0 Å². The number of aliphatic hydroxyl groups excluding tert-OH is 1. The van der Waals surface area contributed by atoms with Gasteiger partial charge in [-0.1, -0.05) is 50.8 Å². The summed E-state index contributed by atoms with van der Waals surface area (Å²) in [7, 11) is 0.672. The molecule has 5 nitrogen and oxygen atoms in total. The summed E-state index contributed by atoms with van der Waals surface area (Å²) in [5, 5.41) is 9.32. The zero-order valence-electron chi connectivity index (χ0n) is 16.8. The van der Waals surface area contributed by atoms with E-state index in [0.29, 0.717) is 5.12 Å². The largest absolute Gasteiger partial charge is 0.371 e. The molecule has 1 aliphatic heterocycles. The number of aliphatic hydroxyl groups is 1. The molecule has 1 rings (SSSR count). The third-order valence-electron chi connectivity index (χ3n) is 5.12. The second kappa shape index (κ2) is 16.1. The molecule has 0 bridgehead atoms. The summed E-state index contributed by atoms with van der Waals surface area (Å²) in [6.07, 6.45) is 11.2. The van der Waals surface area contributed by atoms with Gasteiger partial charge < -0.3 is 14.7 Å². The normalized spacial score (nSPS) is 22.1. The van der Waals surface area contributed by atoms with Crippen molar-refractivity contribution in [1.82, 2.24) is 4.73 Å². The summed E-state index contributed by atoms with van der Waals surface area (Å²) < 4.78 is 7.57. The minimum absolute atomic E-state index is 0.151. The predicted molar refractivity (Wildman–Crippen MR) is 112 cm³/mol. The first kappa shape index (κ1) is 24.1. The Bertz CT molecular complexity index is 362. The van der Waals surface area contributed by atoms with Gasteiger partial charge in [-0.25, -0.2) is 4.73 Å². The summed E-state index contributed by atoms with van der Waals surface area (Å²) in [4.78, 5) is 17.6. The lowest BCUT2D eigenvalue weighted by molar-refractivity contribution is -0.111. The van der Waals surface area contributed by atoms with Gasteiger partial charge in [0.2, 0.25) is 0 Å². The molecule has 154 valence electrons. The number of carbonyl (C=O) groups is 1. The molecule has 2 unspecified atom stereocenters. The topological polar surface area (TPSA) is 59.0 Å². The molecule has 0 radical (unpaired) electrons. The Morgan fingerprint density at radius 2 is 2.04 bits per heavy atom. The molecule has 0 spiro atoms. The number of nitrogens with zero attached hydrogens (tertiary/aromatic N) is 1. The van der Waals surface area contributed by atoms with E-state index in [1.54, 1.807) is 7.11 Å². The second-order valence-electron chi connectivity index (χ2n) is 7.14. The van der Waals surface area contributed by atoms with Gasteiger partial charge in [-0.15, -0.1) is 0 Å². The van der Waals surface area contributed by atoms with Crippen molar-refractivity contribution in [2.24, 2.45) is 0 Å². The molecule has 7 heteroatoms. The molecule has 2 atom stereocenters. The van der Waals surface area contributed by atoms with Gasteiger partial charge >= 0.3 is 0 Å². The number of hydrogen-bond donors (Lipinski definition) is 1. The number of hydroxylamine groups is 1. The lowest BCUT2D eigenvalue weighted by Crippen LogP contribution is -2.42. The van der Waals surface area contributed by atoms with Crippen molar-refractivity contribution in [3.8, 4) is 0 Å². The molecule has 1 fully saturated rings. The molecule has 1 aliphatic rings. The van der Waals surface area contributed by atoms with Crippen LogP contribution in [0.25, 0.3) is 0 Å². The minimum atomic E-state index is -1.09. The summed E-state index contributed by atoms with van der Waals surface area (Å²) >= 11 is 1.53. The third kappa shape index (κ3) is 11.0. The third-order valence-corrected chi connectivity index (χ3v) is 9.57. The smallest absolute Gasteiger partial charge is 0.188 e. The molecule has 26 heavy (non-hydrogen) atoms. The van der Waals surface area contributed by atoms with Crippen molar-refractivity contribution < 1.29 is 19.5 Å². The second-order valence-corrected chi connectivity index (χ2v) is 11.3. The van der Waals surface area contributed by atoms with Gasteiger partial charge in [-0.05, 0) is 37.8 Å². The number of thioether (sulfide) groups is 1. The zero-order valence-corrected chi connectivity index (χ0v) is 18.8. The predicted octanol–water partition coefficient (Wildman–Crippen LogP) is 4.10. The van der Waals surface area contributed by atoms with Crippen LogP contribution in [-0.2, 0) is 14.4 Å². The SMILES string of the molecule is CCCCCCCC(=O)SCCC[SiH]1CCCC(OCO)CCN1OC. The number of ether oxygens (including phenoxy) is 1. The first-order valence-electron chi connectivity index (χ1n) is 10.4. The molecule has 0 saturated carbocycles. The lowest BCUT2D eigenvalue weighted by atomic mass is 10.1. The minimum Gasteiger partial charge on any atom is -0.371 e. The highest BCUT2D eigenvalue weighted by molar-refractivity contribution is 8.13. The number of unbranched alkanes of at least 4 members (excludes halogenated alkanes) is 4. The zero-order chi connectivity index (χ0) is 19.0. The Kier molecular flexibility index (Phi) is 14.9. The van der Waals surface area contributed by atoms with Crippen LogP contribution in [0.3, 0.4) is 0 Å². The van der Waals surface area contributed by atoms with Crippen LogP contribution < -0.4 is 0 Å². The number of hydrogen-bond acceptors (Lipinski definition) is 6. The Morgan fingerprint density at radius 3 is 2.77 bits per heavy atom. The lowest BCUT2D eigenvalue weighted by Gasteiger charge is -2.32. The van der Waals surface area contributed by atoms with Crippen molar-refractivity contribution >= 4 is 25.8 Å². The average molecular weight is 406 g/mol. The highest BCUT2D eigenvalue weighted by atomic mass is 32.2. The van der Waals surface area contributed by atoms with Crippen LogP contribution in [0.5, 0.6) is 0 Å². The Morgan fingerprint density at radius 1 is 1.23 bits per heavy atom. The van der Waals surface area contributed by atoms with E-state index < -0.39 is 8.96 Å². The molecule has 0 aromatic carbocycles. The fourth-order valence-electron chi connectivity index (χ4n) is 3.57. The molecule has 1 N–H and O–H groups in total. The molecule has 1 heterocycles. The molecule has 1 saturated heterocycles. The van der Waals surface area contributed by atoms with E-state index in [1.165, 1.54) is 49.5 Å².